The molecular weight excluding hydrogens is 292 g/mol. The van der Waals surface area contributed by atoms with E-state index in [4.69, 9.17) is 4.52 Å². The topological polar surface area (TPSA) is 82.5 Å². The molecule has 118 valence electrons. The fourth-order valence-corrected chi connectivity index (χ4v) is 2.99. The molecule has 0 amide bonds. The highest BCUT2D eigenvalue weighted by Gasteiger charge is 2.44. The Morgan fingerprint density at radius 3 is 2.61 bits per heavy atom. The first-order chi connectivity index (χ1) is 11.2. The molecular formula is C16H18N6O. The lowest BCUT2D eigenvalue weighted by atomic mass is 9.64. The molecule has 0 aliphatic heterocycles. The summed E-state index contributed by atoms with van der Waals surface area (Å²) >= 11 is 0. The van der Waals surface area contributed by atoms with Gasteiger partial charge in [-0.05, 0) is 44.4 Å². The van der Waals surface area contributed by atoms with Gasteiger partial charge in [0.1, 0.15) is 0 Å². The van der Waals surface area contributed by atoms with Crippen LogP contribution in [0.1, 0.15) is 50.5 Å². The van der Waals surface area contributed by atoms with Gasteiger partial charge in [-0.25, -0.2) is 4.68 Å². The monoisotopic (exact) mass is 310 g/mol. The van der Waals surface area contributed by atoms with Crippen molar-refractivity contribution >= 4 is 0 Å². The molecule has 23 heavy (non-hydrogen) atoms. The van der Waals surface area contributed by atoms with Crippen molar-refractivity contribution in [2.75, 3.05) is 0 Å². The zero-order valence-corrected chi connectivity index (χ0v) is 13.2. The van der Waals surface area contributed by atoms with E-state index in [0.717, 1.165) is 25.1 Å². The van der Waals surface area contributed by atoms with E-state index in [-0.39, 0.29) is 11.5 Å². The van der Waals surface area contributed by atoms with E-state index >= 15 is 0 Å². The lowest BCUT2D eigenvalue weighted by Crippen LogP contribution is -2.36. The second-order valence-corrected chi connectivity index (χ2v) is 6.27. The summed E-state index contributed by atoms with van der Waals surface area (Å²) < 4.78 is 7.23. The Bertz CT molecular complexity index is 803. The molecule has 0 aromatic carbocycles. The third-order valence-corrected chi connectivity index (χ3v) is 4.55. The van der Waals surface area contributed by atoms with Gasteiger partial charge in [-0.1, -0.05) is 16.8 Å². The Morgan fingerprint density at radius 2 is 2.00 bits per heavy atom. The SMILES string of the molecule is CC(C)n1cc(-c2nc(C3(c4ccncc4)CCC3)no2)nn1. The second-order valence-electron chi connectivity index (χ2n) is 6.27. The second kappa shape index (κ2) is 5.26. The summed E-state index contributed by atoms with van der Waals surface area (Å²) in [5.74, 6) is 1.15. The minimum absolute atomic E-state index is 0.154. The van der Waals surface area contributed by atoms with Crippen LogP contribution >= 0.6 is 0 Å². The van der Waals surface area contributed by atoms with Gasteiger partial charge >= 0.3 is 0 Å². The molecule has 1 saturated carbocycles. The number of pyridine rings is 1. The summed E-state index contributed by atoms with van der Waals surface area (Å²) in [6, 6.07) is 4.31. The fraction of sp³-hybridized carbons (Fsp3) is 0.438. The van der Waals surface area contributed by atoms with Crippen molar-refractivity contribution in [2.24, 2.45) is 0 Å². The van der Waals surface area contributed by atoms with Crippen LogP contribution in [-0.4, -0.2) is 30.1 Å². The molecule has 3 heterocycles. The van der Waals surface area contributed by atoms with Crippen molar-refractivity contribution in [2.45, 2.75) is 44.6 Å². The molecule has 0 spiro atoms. The molecule has 0 unspecified atom stereocenters. The Kier molecular flexibility index (Phi) is 3.21. The molecule has 0 bridgehead atoms. The lowest BCUT2D eigenvalue weighted by molar-refractivity contribution is 0.272. The number of hydrogen-bond donors (Lipinski definition) is 0. The van der Waals surface area contributed by atoms with E-state index in [2.05, 4.69) is 25.4 Å². The number of aromatic nitrogens is 6. The predicted octanol–water partition coefficient (Wildman–Crippen LogP) is 2.77. The first kappa shape index (κ1) is 14.0. The summed E-state index contributed by atoms with van der Waals surface area (Å²) in [4.78, 5) is 8.71. The van der Waals surface area contributed by atoms with E-state index < -0.39 is 0 Å². The molecule has 3 aromatic heterocycles. The minimum Gasteiger partial charge on any atom is -0.332 e. The maximum absolute atomic E-state index is 5.45. The largest absolute Gasteiger partial charge is 0.332 e. The zero-order valence-electron chi connectivity index (χ0n) is 13.2. The van der Waals surface area contributed by atoms with Gasteiger partial charge in [0.25, 0.3) is 5.89 Å². The van der Waals surface area contributed by atoms with Crippen molar-refractivity contribution in [3.05, 3.63) is 42.1 Å². The summed E-state index contributed by atoms with van der Waals surface area (Å²) in [6.07, 6.45) is 8.66. The normalized spacial score (nSPS) is 16.5. The van der Waals surface area contributed by atoms with Gasteiger partial charge in [-0.3, -0.25) is 4.98 Å². The van der Waals surface area contributed by atoms with Gasteiger partial charge in [-0.15, -0.1) is 5.10 Å². The lowest BCUT2D eigenvalue weighted by Gasteiger charge is -2.39. The zero-order chi connectivity index (χ0) is 15.9. The van der Waals surface area contributed by atoms with Crippen molar-refractivity contribution in [1.82, 2.24) is 30.1 Å². The molecule has 0 N–H and O–H groups in total. The first-order valence-corrected chi connectivity index (χ1v) is 7.86. The van der Waals surface area contributed by atoms with Crippen LogP contribution < -0.4 is 0 Å². The fourth-order valence-electron chi connectivity index (χ4n) is 2.99. The molecule has 7 nitrogen and oxygen atoms in total. The van der Waals surface area contributed by atoms with Gasteiger partial charge in [0.2, 0.25) is 0 Å². The molecule has 7 heteroatoms. The van der Waals surface area contributed by atoms with Crippen LogP contribution in [-0.2, 0) is 5.41 Å². The van der Waals surface area contributed by atoms with Gasteiger partial charge in [-0.2, -0.15) is 4.98 Å². The Hall–Kier alpha value is -2.57. The molecule has 1 fully saturated rings. The van der Waals surface area contributed by atoms with Gasteiger partial charge < -0.3 is 4.52 Å². The summed E-state index contributed by atoms with van der Waals surface area (Å²) in [5.41, 5.74) is 1.65. The van der Waals surface area contributed by atoms with Gasteiger partial charge in [0.05, 0.1) is 11.6 Å². The summed E-state index contributed by atoms with van der Waals surface area (Å²) in [6.45, 7) is 4.09. The van der Waals surface area contributed by atoms with Crippen LogP contribution in [0.15, 0.2) is 35.2 Å². The Balaban J connectivity index is 1.69. The van der Waals surface area contributed by atoms with Crippen LogP contribution in [0, 0.1) is 0 Å². The van der Waals surface area contributed by atoms with Crippen molar-refractivity contribution in [1.29, 1.82) is 0 Å². The first-order valence-electron chi connectivity index (χ1n) is 7.86. The molecule has 0 radical (unpaired) electrons. The van der Waals surface area contributed by atoms with Crippen LogP contribution in [0.25, 0.3) is 11.6 Å². The van der Waals surface area contributed by atoms with Crippen molar-refractivity contribution in [3.8, 4) is 11.6 Å². The predicted molar refractivity (Wildman–Crippen MR) is 82.6 cm³/mol. The Labute approximate surface area is 133 Å². The molecule has 3 aromatic rings. The van der Waals surface area contributed by atoms with Crippen LogP contribution in [0.3, 0.4) is 0 Å². The highest BCUT2D eigenvalue weighted by atomic mass is 16.5. The summed E-state index contributed by atoms with van der Waals surface area (Å²) in [7, 11) is 0. The van der Waals surface area contributed by atoms with E-state index in [0.29, 0.717) is 11.6 Å². The van der Waals surface area contributed by atoms with Gasteiger partial charge in [0, 0.05) is 18.4 Å². The van der Waals surface area contributed by atoms with E-state index in [1.807, 2.05) is 44.6 Å². The molecule has 4 rings (SSSR count). The van der Waals surface area contributed by atoms with Crippen molar-refractivity contribution < 1.29 is 4.52 Å². The number of rotatable bonds is 4. The molecule has 0 atom stereocenters. The van der Waals surface area contributed by atoms with E-state index in [1.165, 1.54) is 5.56 Å². The average molecular weight is 310 g/mol. The molecule has 0 saturated heterocycles. The van der Waals surface area contributed by atoms with Crippen LogP contribution in [0.4, 0.5) is 0 Å². The molecule has 1 aliphatic carbocycles. The highest BCUT2D eigenvalue weighted by molar-refractivity contribution is 5.45. The standard InChI is InChI=1S/C16H18N6O/c1-11(2)22-10-13(19-21-22)14-18-15(20-23-14)16(6-3-7-16)12-4-8-17-9-5-12/h4-5,8-11H,3,6-7H2,1-2H3. The van der Waals surface area contributed by atoms with E-state index in [9.17, 15) is 0 Å². The van der Waals surface area contributed by atoms with E-state index in [1.54, 1.807) is 4.68 Å². The third kappa shape index (κ3) is 2.23. The maximum atomic E-state index is 5.45. The third-order valence-electron chi connectivity index (χ3n) is 4.55. The average Bonchev–Trinajstić information content (AvgIpc) is 3.16. The number of nitrogens with zero attached hydrogens (tertiary/aromatic N) is 6. The van der Waals surface area contributed by atoms with Gasteiger partial charge in [0.15, 0.2) is 11.5 Å². The highest BCUT2D eigenvalue weighted by Crippen LogP contribution is 2.47. The number of hydrogen-bond acceptors (Lipinski definition) is 6. The summed E-state index contributed by atoms with van der Waals surface area (Å²) in [5, 5.41) is 12.4. The van der Waals surface area contributed by atoms with Crippen LogP contribution in [0.2, 0.25) is 0 Å². The quantitative estimate of drug-likeness (QED) is 0.737. The molecule has 1 aliphatic rings. The smallest absolute Gasteiger partial charge is 0.280 e. The van der Waals surface area contributed by atoms with Crippen LogP contribution in [0.5, 0.6) is 0 Å². The maximum Gasteiger partial charge on any atom is 0.280 e. The Morgan fingerprint density at radius 1 is 1.22 bits per heavy atom. The minimum atomic E-state index is -0.154. The van der Waals surface area contributed by atoms with Crippen molar-refractivity contribution in [3.63, 3.8) is 0 Å².